The molecule has 0 spiro atoms. The molecule has 28 heavy (non-hydrogen) atoms. The highest BCUT2D eigenvalue weighted by molar-refractivity contribution is 7.85. The van der Waals surface area contributed by atoms with Crippen LogP contribution in [-0.4, -0.2) is 13.0 Å². The maximum atomic E-state index is 11.6. The minimum Gasteiger partial charge on any atom is -0.457 e. The maximum absolute atomic E-state index is 11.6. The van der Waals surface area contributed by atoms with Crippen molar-refractivity contribution in [3.8, 4) is 11.5 Å². The first kappa shape index (κ1) is 22.4. The topological polar surface area (TPSA) is 63.6 Å². The molecule has 0 aliphatic rings. The zero-order chi connectivity index (χ0) is 20.2. The van der Waals surface area contributed by atoms with Gasteiger partial charge in [0, 0.05) is 6.07 Å². The average molecular weight is 405 g/mol. The summed E-state index contributed by atoms with van der Waals surface area (Å²) in [5, 5.41) is 0. The van der Waals surface area contributed by atoms with E-state index < -0.39 is 10.1 Å². The Morgan fingerprint density at radius 3 is 2.00 bits per heavy atom. The van der Waals surface area contributed by atoms with Gasteiger partial charge in [0.1, 0.15) is 11.5 Å². The molecule has 0 aliphatic heterocycles. The lowest BCUT2D eigenvalue weighted by atomic mass is 10.0. The van der Waals surface area contributed by atoms with Crippen LogP contribution < -0.4 is 4.74 Å². The summed E-state index contributed by atoms with van der Waals surface area (Å²) in [5.74, 6) is 1.05. The molecule has 4 nitrogen and oxygen atoms in total. The van der Waals surface area contributed by atoms with Crippen LogP contribution in [0.3, 0.4) is 0 Å². The van der Waals surface area contributed by atoms with Gasteiger partial charge >= 0.3 is 0 Å². The largest absolute Gasteiger partial charge is 0.457 e. The predicted octanol–water partition coefficient (Wildman–Crippen LogP) is 6.80. The monoisotopic (exact) mass is 404 g/mol. The number of para-hydroxylation sites is 1. The molecular weight excluding hydrogens is 372 g/mol. The summed E-state index contributed by atoms with van der Waals surface area (Å²) in [6.45, 7) is 2.23. The van der Waals surface area contributed by atoms with Gasteiger partial charge in [-0.25, -0.2) is 0 Å². The standard InChI is InChI=1S/C23H32O4S/c1-2-3-4-5-6-7-8-9-11-14-20-17-22(19-23(18-20)28(24,25)26)27-21-15-12-10-13-16-21/h10,12-13,15-19H,2-9,11,14H2,1H3,(H,24,25,26). The highest BCUT2D eigenvalue weighted by atomic mass is 32.2. The fraction of sp³-hybridized carbons (Fsp3) is 0.478. The molecule has 0 radical (unpaired) electrons. The van der Waals surface area contributed by atoms with Crippen molar-refractivity contribution in [3.63, 3.8) is 0 Å². The van der Waals surface area contributed by atoms with Crippen LogP contribution in [0.15, 0.2) is 53.4 Å². The molecule has 0 fully saturated rings. The minimum atomic E-state index is -4.27. The van der Waals surface area contributed by atoms with Crippen LogP contribution in [0.2, 0.25) is 0 Å². The van der Waals surface area contributed by atoms with Crippen molar-refractivity contribution in [3.05, 3.63) is 54.1 Å². The van der Waals surface area contributed by atoms with Gasteiger partial charge in [-0.1, -0.05) is 76.5 Å². The van der Waals surface area contributed by atoms with Crippen LogP contribution >= 0.6 is 0 Å². The third-order valence-electron chi connectivity index (χ3n) is 4.79. The molecule has 154 valence electrons. The summed E-state index contributed by atoms with van der Waals surface area (Å²) in [7, 11) is -4.27. The van der Waals surface area contributed by atoms with Crippen LogP contribution in [0.5, 0.6) is 11.5 Å². The molecule has 0 bridgehead atoms. The second kappa shape index (κ2) is 11.9. The lowest BCUT2D eigenvalue weighted by molar-refractivity contribution is 0.470. The van der Waals surface area contributed by atoms with E-state index in [0.717, 1.165) is 24.8 Å². The molecule has 0 saturated heterocycles. The normalized spacial score (nSPS) is 11.5. The van der Waals surface area contributed by atoms with Gasteiger partial charge in [-0.2, -0.15) is 8.42 Å². The number of hydrogen-bond donors (Lipinski definition) is 1. The molecule has 0 amide bonds. The second-order valence-corrected chi connectivity index (χ2v) is 8.70. The Labute approximate surface area is 169 Å². The molecule has 0 unspecified atom stereocenters. The zero-order valence-electron chi connectivity index (χ0n) is 16.8. The van der Waals surface area contributed by atoms with Gasteiger partial charge in [0.25, 0.3) is 10.1 Å². The third kappa shape index (κ3) is 8.44. The SMILES string of the molecule is CCCCCCCCCCCc1cc(Oc2ccccc2)cc(S(=O)(=O)O)c1. The van der Waals surface area contributed by atoms with Gasteiger partial charge in [-0.3, -0.25) is 4.55 Å². The van der Waals surface area contributed by atoms with E-state index in [2.05, 4.69) is 6.92 Å². The number of hydrogen-bond acceptors (Lipinski definition) is 3. The smallest absolute Gasteiger partial charge is 0.294 e. The molecule has 0 aromatic heterocycles. The first-order valence-electron chi connectivity index (χ1n) is 10.3. The number of benzene rings is 2. The molecule has 2 rings (SSSR count). The van der Waals surface area contributed by atoms with E-state index >= 15 is 0 Å². The predicted molar refractivity (Wildman–Crippen MR) is 114 cm³/mol. The fourth-order valence-corrected chi connectivity index (χ4v) is 3.81. The molecule has 5 heteroatoms. The van der Waals surface area contributed by atoms with Gasteiger partial charge in [-0.05, 0) is 42.7 Å². The van der Waals surface area contributed by atoms with Crippen LogP contribution in [-0.2, 0) is 16.5 Å². The zero-order valence-corrected chi connectivity index (χ0v) is 17.6. The van der Waals surface area contributed by atoms with Gasteiger partial charge in [0.2, 0.25) is 0 Å². The lowest BCUT2D eigenvalue weighted by Crippen LogP contribution is -2.00. The number of unbranched alkanes of at least 4 members (excludes halogenated alkanes) is 8. The second-order valence-electron chi connectivity index (χ2n) is 7.28. The highest BCUT2D eigenvalue weighted by Crippen LogP contribution is 2.27. The van der Waals surface area contributed by atoms with Crippen molar-refractivity contribution in [2.75, 3.05) is 0 Å². The summed E-state index contributed by atoms with van der Waals surface area (Å²) in [6, 6.07) is 14.0. The highest BCUT2D eigenvalue weighted by Gasteiger charge is 2.13. The quantitative estimate of drug-likeness (QED) is 0.294. The first-order chi connectivity index (χ1) is 13.5. The lowest BCUT2D eigenvalue weighted by Gasteiger charge is -2.10. The third-order valence-corrected chi connectivity index (χ3v) is 5.62. The summed E-state index contributed by atoms with van der Waals surface area (Å²) < 4.78 is 38.4. The Hall–Kier alpha value is -1.85. The van der Waals surface area contributed by atoms with Crippen molar-refractivity contribution >= 4 is 10.1 Å². The minimum absolute atomic E-state index is 0.119. The summed E-state index contributed by atoms with van der Waals surface area (Å²) in [5.41, 5.74) is 0.865. The Balaban J connectivity index is 1.89. The first-order valence-corrected chi connectivity index (χ1v) is 11.8. The maximum Gasteiger partial charge on any atom is 0.294 e. The summed E-state index contributed by atoms with van der Waals surface area (Å²) in [4.78, 5) is -0.119. The molecule has 0 aliphatic carbocycles. The molecule has 0 saturated carbocycles. The van der Waals surface area contributed by atoms with Gasteiger partial charge in [0.15, 0.2) is 0 Å². The summed E-state index contributed by atoms with van der Waals surface area (Å²) >= 11 is 0. The van der Waals surface area contributed by atoms with Crippen LogP contribution in [0.1, 0.15) is 70.3 Å². The van der Waals surface area contributed by atoms with E-state index in [9.17, 15) is 13.0 Å². The van der Waals surface area contributed by atoms with Crippen LogP contribution in [0, 0.1) is 0 Å². The van der Waals surface area contributed by atoms with Crippen LogP contribution in [0.25, 0.3) is 0 Å². The summed E-state index contributed by atoms with van der Waals surface area (Å²) in [6.07, 6.45) is 11.9. The van der Waals surface area contributed by atoms with Crippen molar-refractivity contribution in [2.24, 2.45) is 0 Å². The van der Waals surface area contributed by atoms with E-state index in [1.54, 1.807) is 12.1 Å². The van der Waals surface area contributed by atoms with Gasteiger partial charge in [0.05, 0.1) is 4.90 Å². The number of aryl methyl sites for hydroxylation is 1. The Morgan fingerprint density at radius 2 is 1.39 bits per heavy atom. The van der Waals surface area contributed by atoms with Gasteiger partial charge < -0.3 is 4.74 Å². The average Bonchev–Trinajstić information content (AvgIpc) is 2.67. The van der Waals surface area contributed by atoms with E-state index in [1.807, 2.05) is 24.3 Å². The Kier molecular flexibility index (Phi) is 9.51. The fourth-order valence-electron chi connectivity index (χ4n) is 3.25. The van der Waals surface area contributed by atoms with Gasteiger partial charge in [-0.15, -0.1) is 0 Å². The molecule has 2 aromatic carbocycles. The van der Waals surface area contributed by atoms with E-state index in [0.29, 0.717) is 11.5 Å². The van der Waals surface area contributed by atoms with E-state index in [-0.39, 0.29) is 4.90 Å². The number of ether oxygens (including phenoxy) is 1. The Bertz CT molecular complexity index is 801. The number of rotatable bonds is 13. The van der Waals surface area contributed by atoms with E-state index in [4.69, 9.17) is 4.74 Å². The molecule has 0 atom stereocenters. The van der Waals surface area contributed by atoms with Crippen molar-refractivity contribution in [1.29, 1.82) is 0 Å². The Morgan fingerprint density at radius 1 is 0.786 bits per heavy atom. The molecular formula is C23H32O4S. The molecule has 1 N–H and O–H groups in total. The van der Waals surface area contributed by atoms with Crippen LogP contribution in [0.4, 0.5) is 0 Å². The molecule has 2 aromatic rings. The van der Waals surface area contributed by atoms with Crippen molar-refractivity contribution in [2.45, 2.75) is 76.0 Å². The van der Waals surface area contributed by atoms with Crippen molar-refractivity contribution in [1.82, 2.24) is 0 Å². The van der Waals surface area contributed by atoms with E-state index in [1.165, 1.54) is 57.1 Å². The molecule has 0 heterocycles. The van der Waals surface area contributed by atoms with Crippen molar-refractivity contribution < 1.29 is 17.7 Å².